The Balaban J connectivity index is 1.66. The Labute approximate surface area is 193 Å². The molecule has 1 aliphatic rings. The zero-order valence-electron chi connectivity index (χ0n) is 18.3. The first-order valence-corrected chi connectivity index (χ1v) is 11.0. The van der Waals surface area contributed by atoms with Crippen molar-refractivity contribution in [2.24, 2.45) is 0 Å². The fraction of sp³-hybridized carbons (Fsp3) is 0.280. The van der Waals surface area contributed by atoms with Gasteiger partial charge in [-0.15, -0.1) is 0 Å². The molecule has 0 aliphatic carbocycles. The topological polar surface area (TPSA) is 54.8 Å². The van der Waals surface area contributed by atoms with E-state index in [1.165, 1.54) is 7.11 Å². The maximum atomic E-state index is 13.5. The van der Waals surface area contributed by atoms with Gasteiger partial charge in [0.1, 0.15) is 6.61 Å². The number of benzene rings is 2. The average Bonchev–Trinajstić information content (AvgIpc) is 3.17. The molecule has 32 heavy (non-hydrogen) atoms. The van der Waals surface area contributed by atoms with Crippen molar-refractivity contribution in [1.29, 1.82) is 0 Å². The first-order chi connectivity index (χ1) is 15.5. The van der Waals surface area contributed by atoms with E-state index in [1.807, 2.05) is 72.5 Å². The van der Waals surface area contributed by atoms with Crippen LogP contribution in [0.3, 0.4) is 0 Å². The summed E-state index contributed by atoms with van der Waals surface area (Å²) in [5.74, 6) is -0.0673. The highest BCUT2D eigenvalue weighted by Crippen LogP contribution is 2.31. The number of amides is 2. The molecular formula is C25H26ClN3O3. The number of halogens is 1. The minimum atomic E-state index is -0.0453. The van der Waals surface area contributed by atoms with Crippen LogP contribution in [0.25, 0.3) is 16.9 Å². The summed E-state index contributed by atoms with van der Waals surface area (Å²) in [5, 5.41) is 0.667. The van der Waals surface area contributed by atoms with Crippen molar-refractivity contribution >= 4 is 23.4 Å². The van der Waals surface area contributed by atoms with E-state index in [-0.39, 0.29) is 18.4 Å². The molecule has 0 atom stereocenters. The molecule has 3 aromatic rings. The van der Waals surface area contributed by atoms with Crippen molar-refractivity contribution in [3.8, 4) is 16.9 Å². The third-order valence-electron chi connectivity index (χ3n) is 5.82. The second-order valence-electron chi connectivity index (χ2n) is 7.81. The molecule has 7 heteroatoms. The lowest BCUT2D eigenvalue weighted by Gasteiger charge is -2.34. The Morgan fingerprint density at radius 2 is 1.56 bits per heavy atom. The quantitative estimate of drug-likeness (QED) is 0.588. The number of carbonyl (C=O) groups is 2. The van der Waals surface area contributed by atoms with Crippen LogP contribution < -0.4 is 0 Å². The van der Waals surface area contributed by atoms with Crippen molar-refractivity contribution in [2.75, 3.05) is 39.9 Å². The van der Waals surface area contributed by atoms with Gasteiger partial charge in [0, 0.05) is 49.7 Å². The fourth-order valence-corrected chi connectivity index (χ4v) is 4.24. The molecule has 2 aromatic carbocycles. The lowest BCUT2D eigenvalue weighted by atomic mass is 10.1. The maximum absolute atomic E-state index is 13.5. The monoisotopic (exact) mass is 451 g/mol. The Bertz CT molecular complexity index is 1100. The van der Waals surface area contributed by atoms with Crippen LogP contribution in [0.4, 0.5) is 0 Å². The number of methoxy groups -OCH3 is 1. The second kappa shape index (κ2) is 9.59. The van der Waals surface area contributed by atoms with Crippen LogP contribution in [-0.2, 0) is 9.53 Å². The molecule has 1 aliphatic heterocycles. The summed E-state index contributed by atoms with van der Waals surface area (Å²) in [6, 6.07) is 19.6. The van der Waals surface area contributed by atoms with Gasteiger partial charge in [0.15, 0.2) is 0 Å². The summed E-state index contributed by atoms with van der Waals surface area (Å²) >= 11 is 6.09. The molecule has 1 fully saturated rings. The van der Waals surface area contributed by atoms with E-state index >= 15 is 0 Å². The average molecular weight is 452 g/mol. The molecule has 1 saturated heterocycles. The van der Waals surface area contributed by atoms with Gasteiger partial charge in [0.05, 0.1) is 11.3 Å². The van der Waals surface area contributed by atoms with Gasteiger partial charge < -0.3 is 19.1 Å². The molecule has 4 rings (SSSR count). The SMILES string of the molecule is COCC(=O)N1CCN(C(=O)c2cc(-c3ccc(Cl)cc3)n(-c3ccccc3)c2C)CC1. The van der Waals surface area contributed by atoms with Gasteiger partial charge >= 0.3 is 0 Å². The number of ether oxygens (including phenoxy) is 1. The number of carbonyl (C=O) groups excluding carboxylic acids is 2. The molecule has 2 heterocycles. The van der Waals surface area contributed by atoms with E-state index in [4.69, 9.17) is 16.3 Å². The molecule has 2 amide bonds. The van der Waals surface area contributed by atoms with Crippen molar-refractivity contribution in [3.63, 3.8) is 0 Å². The van der Waals surface area contributed by atoms with E-state index in [1.54, 1.807) is 4.90 Å². The molecular weight excluding hydrogens is 426 g/mol. The Kier molecular flexibility index (Phi) is 6.63. The van der Waals surface area contributed by atoms with Crippen molar-refractivity contribution in [2.45, 2.75) is 6.92 Å². The lowest BCUT2D eigenvalue weighted by Crippen LogP contribution is -2.51. The highest BCUT2D eigenvalue weighted by molar-refractivity contribution is 6.30. The van der Waals surface area contributed by atoms with E-state index in [0.29, 0.717) is 36.8 Å². The maximum Gasteiger partial charge on any atom is 0.255 e. The summed E-state index contributed by atoms with van der Waals surface area (Å²) in [6.07, 6.45) is 0. The smallest absolute Gasteiger partial charge is 0.255 e. The summed E-state index contributed by atoms with van der Waals surface area (Å²) in [7, 11) is 1.51. The number of nitrogens with zero attached hydrogens (tertiary/aromatic N) is 3. The normalized spacial score (nSPS) is 14.0. The van der Waals surface area contributed by atoms with Crippen molar-refractivity contribution in [3.05, 3.63) is 76.9 Å². The molecule has 0 bridgehead atoms. The lowest BCUT2D eigenvalue weighted by molar-refractivity contribution is -0.136. The number of hydrogen-bond acceptors (Lipinski definition) is 3. The van der Waals surface area contributed by atoms with Crippen LogP contribution in [0.2, 0.25) is 5.02 Å². The standard InChI is InChI=1S/C25H26ClN3O3/c1-18-22(25(31)28-14-12-27(13-15-28)24(30)17-32-2)16-23(19-8-10-20(26)11-9-19)29(18)21-6-4-3-5-7-21/h3-11,16H,12-15,17H2,1-2H3. The minimum absolute atomic E-state index is 0.0220. The minimum Gasteiger partial charge on any atom is -0.375 e. The number of hydrogen-bond donors (Lipinski definition) is 0. The number of piperazine rings is 1. The third-order valence-corrected chi connectivity index (χ3v) is 6.07. The largest absolute Gasteiger partial charge is 0.375 e. The fourth-order valence-electron chi connectivity index (χ4n) is 4.11. The van der Waals surface area contributed by atoms with Gasteiger partial charge in [-0.25, -0.2) is 0 Å². The van der Waals surface area contributed by atoms with Crippen LogP contribution in [-0.4, -0.2) is 66.1 Å². The number of aromatic nitrogens is 1. The molecule has 0 N–H and O–H groups in total. The van der Waals surface area contributed by atoms with Crippen LogP contribution in [0, 0.1) is 6.92 Å². The van der Waals surface area contributed by atoms with Gasteiger partial charge in [-0.05, 0) is 42.8 Å². The van der Waals surface area contributed by atoms with E-state index < -0.39 is 0 Å². The second-order valence-corrected chi connectivity index (χ2v) is 8.25. The van der Waals surface area contributed by atoms with Gasteiger partial charge in [-0.2, -0.15) is 0 Å². The van der Waals surface area contributed by atoms with Gasteiger partial charge in [0.2, 0.25) is 5.91 Å². The van der Waals surface area contributed by atoms with E-state index in [0.717, 1.165) is 22.6 Å². The van der Waals surface area contributed by atoms with E-state index in [9.17, 15) is 9.59 Å². The van der Waals surface area contributed by atoms with Gasteiger partial charge in [-0.3, -0.25) is 9.59 Å². The molecule has 1 aromatic heterocycles. The van der Waals surface area contributed by atoms with Gasteiger partial charge in [-0.1, -0.05) is 41.9 Å². The van der Waals surface area contributed by atoms with Crippen LogP contribution in [0.5, 0.6) is 0 Å². The zero-order chi connectivity index (χ0) is 22.7. The van der Waals surface area contributed by atoms with Crippen molar-refractivity contribution < 1.29 is 14.3 Å². The number of para-hydroxylation sites is 1. The summed E-state index contributed by atoms with van der Waals surface area (Å²) < 4.78 is 7.05. The first kappa shape index (κ1) is 22.1. The Hall–Kier alpha value is -3.09. The summed E-state index contributed by atoms with van der Waals surface area (Å²) in [4.78, 5) is 29.1. The third kappa shape index (κ3) is 4.42. The van der Waals surface area contributed by atoms with Gasteiger partial charge in [0.25, 0.3) is 5.91 Å². The van der Waals surface area contributed by atoms with E-state index in [2.05, 4.69) is 4.57 Å². The zero-order valence-corrected chi connectivity index (χ0v) is 19.0. The predicted molar refractivity (Wildman–Crippen MR) is 125 cm³/mol. The van der Waals surface area contributed by atoms with Crippen LogP contribution in [0.15, 0.2) is 60.7 Å². The predicted octanol–water partition coefficient (Wildman–Crippen LogP) is 4.04. The highest BCUT2D eigenvalue weighted by Gasteiger charge is 2.28. The molecule has 0 unspecified atom stereocenters. The molecule has 166 valence electrons. The van der Waals surface area contributed by atoms with Crippen molar-refractivity contribution in [1.82, 2.24) is 14.4 Å². The summed E-state index contributed by atoms with van der Waals surface area (Å²) in [5.41, 5.74) is 4.45. The highest BCUT2D eigenvalue weighted by atomic mass is 35.5. The molecule has 0 radical (unpaired) electrons. The van der Waals surface area contributed by atoms with Crippen LogP contribution >= 0.6 is 11.6 Å². The first-order valence-electron chi connectivity index (χ1n) is 10.6. The Morgan fingerprint density at radius 3 is 2.19 bits per heavy atom. The summed E-state index contributed by atoms with van der Waals surface area (Å²) in [6.45, 7) is 4.06. The molecule has 6 nitrogen and oxygen atoms in total. The Morgan fingerprint density at radius 1 is 0.938 bits per heavy atom. The van der Waals surface area contributed by atoms with Crippen LogP contribution in [0.1, 0.15) is 16.1 Å². The number of rotatable bonds is 5. The molecule has 0 saturated carbocycles. The molecule has 0 spiro atoms.